The summed E-state index contributed by atoms with van der Waals surface area (Å²) < 4.78 is 33.3. The number of hydrogen-bond donors (Lipinski definition) is 2. The zero-order valence-corrected chi connectivity index (χ0v) is 18.5. The lowest BCUT2D eigenvalue weighted by Crippen LogP contribution is -2.55. The second-order valence-corrected chi connectivity index (χ2v) is 9.89. The van der Waals surface area contributed by atoms with E-state index in [1.54, 1.807) is 50.8 Å². The fraction of sp³-hybridized carbons (Fsp3) is 0.429. The summed E-state index contributed by atoms with van der Waals surface area (Å²) in [6, 6.07) is 8.62. The van der Waals surface area contributed by atoms with Crippen LogP contribution in [0, 0.1) is 5.41 Å². The number of sulfonamides is 1. The van der Waals surface area contributed by atoms with Crippen LogP contribution in [0.5, 0.6) is 5.75 Å². The lowest BCUT2D eigenvalue weighted by atomic mass is 9.86. The van der Waals surface area contributed by atoms with E-state index in [-0.39, 0.29) is 11.4 Å². The van der Waals surface area contributed by atoms with Crippen LogP contribution in [-0.2, 0) is 21.2 Å². The minimum absolute atomic E-state index is 0.0460. The molecule has 1 amide bonds. The van der Waals surface area contributed by atoms with Crippen molar-refractivity contribution in [1.82, 2.24) is 14.8 Å². The highest BCUT2D eigenvalue weighted by molar-refractivity contribution is 7.89. The Labute approximate surface area is 177 Å². The van der Waals surface area contributed by atoms with Crippen LogP contribution in [0.2, 0.25) is 0 Å². The molecule has 0 saturated heterocycles. The quantitative estimate of drug-likeness (QED) is 0.463. The van der Waals surface area contributed by atoms with E-state index in [4.69, 9.17) is 4.74 Å². The molecule has 1 heterocycles. The van der Waals surface area contributed by atoms with E-state index < -0.39 is 27.4 Å². The molecule has 0 unspecified atom stereocenters. The van der Waals surface area contributed by atoms with Gasteiger partial charge in [0.05, 0.1) is 12.0 Å². The van der Waals surface area contributed by atoms with E-state index >= 15 is 0 Å². The monoisotopic (exact) mass is 435 g/mol. The molecule has 0 aliphatic rings. The van der Waals surface area contributed by atoms with Gasteiger partial charge < -0.3 is 4.74 Å². The second-order valence-electron chi connectivity index (χ2n) is 8.00. The van der Waals surface area contributed by atoms with Gasteiger partial charge >= 0.3 is 0 Å². The van der Waals surface area contributed by atoms with Crippen molar-refractivity contribution in [3.8, 4) is 5.75 Å². The number of methoxy groups -OCH3 is 1. The average molecular weight is 436 g/mol. The molecule has 1 aromatic heterocycles. The van der Waals surface area contributed by atoms with Crippen LogP contribution in [0.15, 0.2) is 53.7 Å². The van der Waals surface area contributed by atoms with Crippen LogP contribution in [0.1, 0.15) is 32.8 Å². The number of benzene rings is 1. The smallest absolute Gasteiger partial charge is 0.262 e. The molecule has 2 rings (SSSR count). The number of rotatable bonds is 9. The summed E-state index contributed by atoms with van der Waals surface area (Å²) in [7, 11) is -2.53. The van der Waals surface area contributed by atoms with Crippen molar-refractivity contribution in [3.05, 3.63) is 54.4 Å². The van der Waals surface area contributed by atoms with Gasteiger partial charge in [0, 0.05) is 18.9 Å². The lowest BCUT2D eigenvalue weighted by Gasteiger charge is -2.37. The number of ether oxygens (including phenoxy) is 1. The topological polar surface area (TPSA) is 109 Å². The molecule has 0 fully saturated rings. The number of amides is 1. The van der Waals surface area contributed by atoms with E-state index in [9.17, 15) is 18.4 Å². The number of hydrogen-bond acceptors (Lipinski definition) is 6. The molecule has 0 aliphatic heterocycles. The van der Waals surface area contributed by atoms with Gasteiger partial charge in [0.1, 0.15) is 11.8 Å². The van der Waals surface area contributed by atoms with Crippen LogP contribution in [0.3, 0.4) is 0 Å². The van der Waals surface area contributed by atoms with Crippen molar-refractivity contribution >= 4 is 15.9 Å². The maximum Gasteiger partial charge on any atom is 0.262 e. The Bertz CT molecular complexity index is 925. The molecule has 164 valence electrons. The highest BCUT2D eigenvalue weighted by atomic mass is 32.2. The van der Waals surface area contributed by atoms with Gasteiger partial charge in [-0.2, -0.15) is 4.31 Å². The van der Waals surface area contributed by atoms with Crippen molar-refractivity contribution in [3.63, 3.8) is 0 Å². The van der Waals surface area contributed by atoms with Gasteiger partial charge in [-0.25, -0.2) is 13.9 Å². The van der Waals surface area contributed by atoms with Gasteiger partial charge in [-0.05, 0) is 54.2 Å². The highest BCUT2D eigenvalue weighted by Gasteiger charge is 2.42. The molecule has 0 saturated carbocycles. The van der Waals surface area contributed by atoms with Crippen LogP contribution in [0.4, 0.5) is 0 Å². The van der Waals surface area contributed by atoms with Crippen LogP contribution < -0.4 is 10.2 Å². The zero-order valence-electron chi connectivity index (χ0n) is 17.7. The average Bonchev–Trinajstić information content (AvgIpc) is 2.72. The number of aromatic nitrogens is 1. The number of hydroxylamine groups is 1. The standard InChI is InChI=1S/C21H29N3O5S/c1-21(2,3)19(20(25)23-26)24(14-6-8-16-7-5-13-22-15-16)30(27,28)18-11-9-17(29-4)10-12-18/h5,7,9-13,15,19,26H,6,8,14H2,1-4H3,(H,23,25)/t19-/m0/s1. The molecule has 2 aromatic rings. The molecular weight excluding hydrogens is 406 g/mol. The van der Waals surface area contributed by atoms with Crippen LogP contribution in [-0.4, -0.2) is 48.5 Å². The van der Waals surface area contributed by atoms with Gasteiger partial charge in [-0.1, -0.05) is 26.8 Å². The van der Waals surface area contributed by atoms with Gasteiger partial charge in [0.15, 0.2) is 0 Å². The Morgan fingerprint density at radius 2 is 1.90 bits per heavy atom. The second kappa shape index (κ2) is 10.0. The maximum absolute atomic E-state index is 13.5. The Morgan fingerprint density at radius 3 is 2.40 bits per heavy atom. The molecule has 1 atom stereocenters. The Kier molecular flexibility index (Phi) is 7.94. The first kappa shape index (κ1) is 23.8. The number of nitrogens with one attached hydrogen (secondary N) is 1. The first-order chi connectivity index (χ1) is 14.1. The highest BCUT2D eigenvalue weighted by Crippen LogP contribution is 2.30. The molecule has 2 N–H and O–H groups in total. The summed E-state index contributed by atoms with van der Waals surface area (Å²) in [6.07, 6.45) is 4.47. The molecular formula is C21H29N3O5S. The molecule has 0 radical (unpaired) electrons. The van der Waals surface area contributed by atoms with Gasteiger partial charge in [-0.3, -0.25) is 15.0 Å². The Balaban J connectivity index is 2.40. The zero-order chi connectivity index (χ0) is 22.4. The van der Waals surface area contributed by atoms with Crippen LogP contribution in [0.25, 0.3) is 0 Å². The predicted molar refractivity (Wildman–Crippen MR) is 113 cm³/mol. The maximum atomic E-state index is 13.5. The van der Waals surface area contributed by atoms with E-state index in [2.05, 4.69) is 4.98 Å². The normalized spacial score (nSPS) is 13.1. The molecule has 0 aliphatic carbocycles. The van der Waals surface area contributed by atoms with Gasteiger partial charge in [0.25, 0.3) is 5.91 Å². The number of aryl methyl sites for hydroxylation is 1. The van der Waals surface area contributed by atoms with Crippen molar-refractivity contribution < 1.29 is 23.2 Å². The lowest BCUT2D eigenvalue weighted by molar-refractivity contribution is -0.136. The van der Waals surface area contributed by atoms with Gasteiger partial charge in [0.2, 0.25) is 10.0 Å². The third-order valence-electron chi connectivity index (χ3n) is 4.70. The van der Waals surface area contributed by atoms with Crippen molar-refractivity contribution in [2.24, 2.45) is 5.41 Å². The number of nitrogens with zero attached hydrogens (tertiary/aromatic N) is 2. The predicted octanol–water partition coefficient (Wildman–Crippen LogP) is 2.63. The summed E-state index contributed by atoms with van der Waals surface area (Å²) in [5.41, 5.74) is 1.83. The SMILES string of the molecule is COc1ccc(S(=O)(=O)N(CCCc2cccnc2)[C@@H](C(=O)NO)C(C)(C)C)cc1. The first-order valence-corrected chi connectivity index (χ1v) is 11.0. The number of carbonyl (C=O) groups is 1. The van der Waals surface area contributed by atoms with Crippen LogP contribution >= 0.6 is 0 Å². The molecule has 8 nitrogen and oxygen atoms in total. The third-order valence-corrected chi connectivity index (χ3v) is 6.58. The minimum Gasteiger partial charge on any atom is -0.497 e. The molecule has 0 spiro atoms. The number of pyridine rings is 1. The summed E-state index contributed by atoms with van der Waals surface area (Å²) >= 11 is 0. The Morgan fingerprint density at radius 1 is 1.23 bits per heavy atom. The fourth-order valence-electron chi connectivity index (χ4n) is 3.27. The minimum atomic E-state index is -4.03. The summed E-state index contributed by atoms with van der Waals surface area (Å²) in [4.78, 5) is 16.6. The molecule has 0 bridgehead atoms. The summed E-state index contributed by atoms with van der Waals surface area (Å²) in [5, 5.41) is 9.28. The molecule has 1 aromatic carbocycles. The van der Waals surface area contributed by atoms with Gasteiger partial charge in [-0.15, -0.1) is 0 Å². The fourth-order valence-corrected chi connectivity index (χ4v) is 5.08. The molecule has 9 heteroatoms. The Hall–Kier alpha value is -2.49. The van der Waals surface area contributed by atoms with E-state index in [0.717, 1.165) is 9.87 Å². The van der Waals surface area contributed by atoms with Crippen molar-refractivity contribution in [1.29, 1.82) is 0 Å². The van der Waals surface area contributed by atoms with Crippen molar-refractivity contribution in [2.45, 2.75) is 44.6 Å². The first-order valence-electron chi connectivity index (χ1n) is 9.60. The van der Waals surface area contributed by atoms with E-state index in [1.165, 1.54) is 19.2 Å². The van der Waals surface area contributed by atoms with E-state index in [1.807, 2.05) is 12.1 Å². The molecule has 30 heavy (non-hydrogen) atoms. The van der Waals surface area contributed by atoms with Crippen molar-refractivity contribution in [2.75, 3.05) is 13.7 Å². The number of carbonyl (C=O) groups excluding carboxylic acids is 1. The largest absolute Gasteiger partial charge is 0.497 e. The third kappa shape index (κ3) is 5.78. The summed E-state index contributed by atoms with van der Waals surface area (Å²) in [5.74, 6) is -0.251. The van der Waals surface area contributed by atoms with E-state index in [0.29, 0.717) is 18.6 Å². The summed E-state index contributed by atoms with van der Waals surface area (Å²) in [6.45, 7) is 5.36.